The molecule has 0 spiro atoms. The highest BCUT2D eigenvalue weighted by atomic mass is 14.9. The van der Waals surface area contributed by atoms with Gasteiger partial charge in [0, 0.05) is 12.6 Å². The monoisotopic (exact) mass is 206 g/mol. The number of likely N-dealkylation sites (N-methyl/N-ethyl adjacent to an activating group) is 1. The lowest BCUT2D eigenvalue weighted by atomic mass is 9.90. The van der Waals surface area contributed by atoms with Crippen LogP contribution in [0.5, 0.6) is 0 Å². The van der Waals surface area contributed by atoms with Crippen LogP contribution in [0.15, 0.2) is 6.07 Å². The van der Waals surface area contributed by atoms with E-state index in [1.807, 2.05) is 7.05 Å². The molecule has 2 nitrogen and oxygen atoms in total. The zero-order chi connectivity index (χ0) is 11.6. The first-order valence-electron chi connectivity index (χ1n) is 5.46. The summed E-state index contributed by atoms with van der Waals surface area (Å²) in [6.07, 6.45) is 0. The first-order valence-corrected chi connectivity index (χ1v) is 5.46. The Labute approximate surface area is 92.9 Å². The van der Waals surface area contributed by atoms with Crippen LogP contribution in [0, 0.1) is 27.7 Å². The van der Waals surface area contributed by atoms with E-state index < -0.39 is 0 Å². The average Bonchev–Trinajstić information content (AvgIpc) is 2.16. The Morgan fingerprint density at radius 1 is 1.13 bits per heavy atom. The minimum Gasteiger partial charge on any atom is -0.323 e. The van der Waals surface area contributed by atoms with Gasteiger partial charge in [-0.05, 0) is 62.6 Å². The van der Waals surface area contributed by atoms with E-state index in [9.17, 15) is 0 Å². The average molecular weight is 206 g/mol. The fourth-order valence-corrected chi connectivity index (χ4v) is 2.13. The summed E-state index contributed by atoms with van der Waals surface area (Å²) in [6.45, 7) is 9.44. The predicted octanol–water partition coefficient (Wildman–Crippen LogP) is 2.14. The smallest absolute Gasteiger partial charge is 0.0427 e. The van der Waals surface area contributed by atoms with Crippen LogP contribution in [0.2, 0.25) is 0 Å². The first kappa shape index (κ1) is 12.2. The zero-order valence-electron chi connectivity index (χ0n) is 10.4. The minimum atomic E-state index is 0.0913. The summed E-state index contributed by atoms with van der Waals surface area (Å²) in [6, 6.07) is 2.33. The molecule has 0 amide bonds. The summed E-state index contributed by atoms with van der Waals surface area (Å²) in [5, 5.41) is 3.13. The van der Waals surface area contributed by atoms with E-state index in [1.165, 1.54) is 27.8 Å². The van der Waals surface area contributed by atoms with Gasteiger partial charge in [-0.1, -0.05) is 6.07 Å². The molecule has 0 aromatic heterocycles. The van der Waals surface area contributed by atoms with E-state index in [-0.39, 0.29) is 6.04 Å². The topological polar surface area (TPSA) is 38.0 Å². The fourth-order valence-electron chi connectivity index (χ4n) is 2.13. The number of nitrogens with two attached hydrogens (primary N) is 1. The highest BCUT2D eigenvalue weighted by molar-refractivity contribution is 5.45. The number of benzene rings is 1. The zero-order valence-corrected chi connectivity index (χ0v) is 10.4. The number of nitrogens with one attached hydrogen (secondary N) is 1. The van der Waals surface area contributed by atoms with Crippen molar-refractivity contribution in [3.05, 3.63) is 33.9 Å². The molecule has 15 heavy (non-hydrogen) atoms. The largest absolute Gasteiger partial charge is 0.323 e. The third-order valence-electron chi connectivity index (χ3n) is 3.22. The van der Waals surface area contributed by atoms with Crippen LogP contribution < -0.4 is 11.1 Å². The number of hydrogen-bond acceptors (Lipinski definition) is 2. The standard InChI is InChI=1S/C13H22N2/c1-8-6-9(2)11(4)13(10(8)3)12(14)7-15-5/h6,12,15H,7,14H2,1-5H3. The number of rotatable bonds is 3. The molecule has 0 aliphatic carbocycles. The Kier molecular flexibility index (Phi) is 3.89. The van der Waals surface area contributed by atoms with Crippen molar-refractivity contribution in [3.8, 4) is 0 Å². The van der Waals surface area contributed by atoms with Crippen molar-refractivity contribution in [1.82, 2.24) is 5.32 Å². The molecule has 3 N–H and O–H groups in total. The minimum absolute atomic E-state index is 0.0913. The van der Waals surface area contributed by atoms with E-state index in [4.69, 9.17) is 5.73 Å². The summed E-state index contributed by atoms with van der Waals surface area (Å²) in [5.41, 5.74) is 12.8. The van der Waals surface area contributed by atoms with Crippen molar-refractivity contribution in [1.29, 1.82) is 0 Å². The molecule has 0 fully saturated rings. The molecule has 0 radical (unpaired) electrons. The van der Waals surface area contributed by atoms with E-state index in [2.05, 4.69) is 39.1 Å². The lowest BCUT2D eigenvalue weighted by Crippen LogP contribution is -2.26. The van der Waals surface area contributed by atoms with Gasteiger partial charge in [-0.3, -0.25) is 0 Å². The van der Waals surface area contributed by atoms with Crippen molar-refractivity contribution < 1.29 is 0 Å². The summed E-state index contributed by atoms with van der Waals surface area (Å²) < 4.78 is 0. The number of aryl methyl sites for hydroxylation is 2. The molecule has 0 saturated carbocycles. The van der Waals surface area contributed by atoms with Gasteiger partial charge < -0.3 is 11.1 Å². The van der Waals surface area contributed by atoms with Crippen molar-refractivity contribution in [2.45, 2.75) is 33.7 Å². The fraction of sp³-hybridized carbons (Fsp3) is 0.538. The normalized spacial score (nSPS) is 12.9. The van der Waals surface area contributed by atoms with Gasteiger partial charge in [0.1, 0.15) is 0 Å². The maximum absolute atomic E-state index is 6.18. The molecule has 1 aromatic carbocycles. The molecule has 2 heteroatoms. The first-order chi connectivity index (χ1) is 6.99. The second-order valence-corrected chi connectivity index (χ2v) is 4.34. The van der Waals surface area contributed by atoms with Crippen LogP contribution in [0.25, 0.3) is 0 Å². The van der Waals surface area contributed by atoms with Gasteiger partial charge in [-0.2, -0.15) is 0 Å². The number of hydrogen-bond donors (Lipinski definition) is 2. The lowest BCUT2D eigenvalue weighted by Gasteiger charge is -2.20. The van der Waals surface area contributed by atoms with Gasteiger partial charge in [0.2, 0.25) is 0 Å². The molecule has 1 atom stereocenters. The molecular weight excluding hydrogens is 184 g/mol. The van der Waals surface area contributed by atoms with Gasteiger partial charge in [-0.25, -0.2) is 0 Å². The summed E-state index contributed by atoms with van der Waals surface area (Å²) in [7, 11) is 1.94. The maximum atomic E-state index is 6.18. The van der Waals surface area contributed by atoms with E-state index >= 15 is 0 Å². The van der Waals surface area contributed by atoms with Crippen LogP contribution >= 0.6 is 0 Å². The molecule has 1 unspecified atom stereocenters. The van der Waals surface area contributed by atoms with Gasteiger partial charge in [0.25, 0.3) is 0 Å². The van der Waals surface area contributed by atoms with Crippen LogP contribution in [0.3, 0.4) is 0 Å². The second-order valence-electron chi connectivity index (χ2n) is 4.34. The Morgan fingerprint density at radius 3 is 2.00 bits per heavy atom. The molecule has 0 bridgehead atoms. The van der Waals surface area contributed by atoms with E-state index in [0.29, 0.717) is 0 Å². The van der Waals surface area contributed by atoms with Crippen LogP contribution in [-0.2, 0) is 0 Å². The van der Waals surface area contributed by atoms with Crippen molar-refractivity contribution in [2.24, 2.45) is 5.73 Å². The Hall–Kier alpha value is -0.860. The molecule has 0 aliphatic rings. The quantitative estimate of drug-likeness (QED) is 0.795. The van der Waals surface area contributed by atoms with Crippen molar-refractivity contribution >= 4 is 0 Å². The van der Waals surface area contributed by atoms with Crippen LogP contribution in [-0.4, -0.2) is 13.6 Å². The van der Waals surface area contributed by atoms with Crippen molar-refractivity contribution in [3.63, 3.8) is 0 Å². The molecular formula is C13H22N2. The van der Waals surface area contributed by atoms with Gasteiger partial charge >= 0.3 is 0 Å². The van der Waals surface area contributed by atoms with Gasteiger partial charge in [0.05, 0.1) is 0 Å². The molecule has 84 valence electrons. The second kappa shape index (κ2) is 4.77. The third-order valence-corrected chi connectivity index (χ3v) is 3.22. The maximum Gasteiger partial charge on any atom is 0.0427 e. The van der Waals surface area contributed by atoms with Crippen molar-refractivity contribution in [2.75, 3.05) is 13.6 Å². The highest BCUT2D eigenvalue weighted by Gasteiger charge is 2.14. The van der Waals surface area contributed by atoms with Crippen LogP contribution in [0.1, 0.15) is 33.9 Å². The Morgan fingerprint density at radius 2 is 1.60 bits per heavy atom. The molecule has 0 saturated heterocycles. The molecule has 0 aliphatic heterocycles. The summed E-state index contributed by atoms with van der Waals surface area (Å²) in [4.78, 5) is 0. The van der Waals surface area contributed by atoms with Gasteiger partial charge in [-0.15, -0.1) is 0 Å². The predicted molar refractivity (Wildman–Crippen MR) is 66.2 cm³/mol. The van der Waals surface area contributed by atoms with E-state index in [0.717, 1.165) is 6.54 Å². The Bertz CT molecular complexity index is 330. The third kappa shape index (κ3) is 2.39. The molecule has 0 heterocycles. The summed E-state index contributed by atoms with van der Waals surface area (Å²) in [5.74, 6) is 0. The SMILES string of the molecule is CNCC(N)c1c(C)c(C)cc(C)c1C. The van der Waals surface area contributed by atoms with Gasteiger partial charge in [0.15, 0.2) is 0 Å². The molecule has 1 rings (SSSR count). The highest BCUT2D eigenvalue weighted by Crippen LogP contribution is 2.25. The molecule has 1 aromatic rings. The Balaban J connectivity index is 3.26. The van der Waals surface area contributed by atoms with Crippen LogP contribution in [0.4, 0.5) is 0 Å². The lowest BCUT2D eigenvalue weighted by molar-refractivity contribution is 0.645. The van der Waals surface area contributed by atoms with E-state index in [1.54, 1.807) is 0 Å². The summed E-state index contributed by atoms with van der Waals surface area (Å²) >= 11 is 0.